The number of rotatable bonds is 6. The minimum absolute atomic E-state index is 0.152. The zero-order valence-electron chi connectivity index (χ0n) is 10.1. The lowest BCUT2D eigenvalue weighted by Gasteiger charge is -2.16. The maximum absolute atomic E-state index is 11.4. The molecule has 2 N–H and O–H groups in total. The van der Waals surface area contributed by atoms with Crippen LogP contribution in [0.1, 0.15) is 39.5 Å². The van der Waals surface area contributed by atoms with Crippen molar-refractivity contribution >= 4 is 5.97 Å². The molecule has 0 saturated carbocycles. The molecule has 1 aliphatic rings. The van der Waals surface area contributed by atoms with Gasteiger partial charge in [-0.25, -0.2) is 0 Å². The minimum atomic E-state index is -0.627. The van der Waals surface area contributed by atoms with E-state index >= 15 is 0 Å². The maximum atomic E-state index is 11.4. The first-order valence-corrected chi connectivity index (χ1v) is 6.07. The molecule has 1 heterocycles. The second kappa shape index (κ2) is 6.21. The highest BCUT2D eigenvalue weighted by molar-refractivity contribution is 5.75. The van der Waals surface area contributed by atoms with Gasteiger partial charge in [0.15, 0.2) is 0 Å². The Kier molecular flexibility index (Phi) is 5.22. The summed E-state index contributed by atoms with van der Waals surface area (Å²) in [6.07, 6.45) is 2.03. The number of carbonyl (C=O) groups excluding carboxylic acids is 1. The van der Waals surface area contributed by atoms with Crippen LogP contribution in [0.25, 0.3) is 0 Å². The topological polar surface area (TPSA) is 66.8 Å². The van der Waals surface area contributed by atoms with Gasteiger partial charge < -0.3 is 14.9 Å². The first kappa shape index (κ1) is 13.5. The van der Waals surface area contributed by atoms with Crippen LogP contribution < -0.4 is 0 Å². The first-order valence-electron chi connectivity index (χ1n) is 6.07. The number of cyclic esters (lactones) is 1. The Labute approximate surface area is 96.6 Å². The van der Waals surface area contributed by atoms with Crippen LogP contribution in [-0.2, 0) is 9.53 Å². The number of hydrogen-bond acceptors (Lipinski definition) is 4. The second-order valence-electron chi connectivity index (χ2n) is 4.74. The number of hydrogen-bond donors (Lipinski definition) is 2. The Hall–Kier alpha value is -0.610. The molecule has 1 saturated heterocycles. The highest BCUT2D eigenvalue weighted by Crippen LogP contribution is 2.27. The molecule has 1 aliphatic heterocycles. The fraction of sp³-hybridized carbons (Fsp3) is 0.917. The summed E-state index contributed by atoms with van der Waals surface area (Å²) >= 11 is 0. The van der Waals surface area contributed by atoms with Gasteiger partial charge in [-0.1, -0.05) is 20.3 Å². The van der Waals surface area contributed by atoms with Crippen molar-refractivity contribution in [2.45, 2.75) is 51.7 Å². The van der Waals surface area contributed by atoms with Crippen molar-refractivity contribution in [2.75, 3.05) is 6.61 Å². The molecule has 0 spiro atoms. The predicted octanol–water partition coefficient (Wildman–Crippen LogP) is 1.10. The average molecular weight is 230 g/mol. The van der Waals surface area contributed by atoms with Crippen LogP contribution in [0.3, 0.4) is 0 Å². The standard InChI is InChI=1S/C12H22O4/c1-3-8(2)4-5-11(14)10-6-9(7-13)16-12(10)15/h8-11,13-14H,3-7H2,1-2H3/t8-,9-,10-,11-/m0/s1. The van der Waals surface area contributed by atoms with Gasteiger partial charge in [0.25, 0.3) is 0 Å². The third kappa shape index (κ3) is 3.46. The molecule has 0 aliphatic carbocycles. The van der Waals surface area contributed by atoms with Gasteiger partial charge in [-0.3, -0.25) is 4.79 Å². The van der Waals surface area contributed by atoms with E-state index in [2.05, 4.69) is 13.8 Å². The van der Waals surface area contributed by atoms with Crippen molar-refractivity contribution < 1.29 is 19.7 Å². The molecule has 0 amide bonds. The van der Waals surface area contributed by atoms with Gasteiger partial charge in [0.05, 0.1) is 18.6 Å². The lowest BCUT2D eigenvalue weighted by atomic mass is 9.92. The smallest absolute Gasteiger partial charge is 0.312 e. The van der Waals surface area contributed by atoms with Crippen molar-refractivity contribution in [3.8, 4) is 0 Å². The number of aliphatic hydroxyl groups is 2. The van der Waals surface area contributed by atoms with E-state index in [-0.39, 0.29) is 12.6 Å². The van der Waals surface area contributed by atoms with Gasteiger partial charge in [0.2, 0.25) is 0 Å². The van der Waals surface area contributed by atoms with E-state index in [0.29, 0.717) is 18.8 Å². The monoisotopic (exact) mass is 230 g/mol. The van der Waals surface area contributed by atoms with E-state index in [4.69, 9.17) is 9.84 Å². The van der Waals surface area contributed by atoms with E-state index in [9.17, 15) is 9.90 Å². The summed E-state index contributed by atoms with van der Waals surface area (Å²) in [6, 6.07) is 0. The van der Waals surface area contributed by atoms with Crippen molar-refractivity contribution in [1.82, 2.24) is 0 Å². The second-order valence-corrected chi connectivity index (χ2v) is 4.74. The number of carbonyl (C=O) groups is 1. The number of ether oxygens (including phenoxy) is 1. The van der Waals surface area contributed by atoms with E-state index in [1.54, 1.807) is 0 Å². The van der Waals surface area contributed by atoms with Crippen molar-refractivity contribution in [1.29, 1.82) is 0 Å². The molecule has 16 heavy (non-hydrogen) atoms. The highest BCUT2D eigenvalue weighted by Gasteiger charge is 2.38. The lowest BCUT2D eigenvalue weighted by Crippen LogP contribution is -2.25. The molecule has 4 heteroatoms. The van der Waals surface area contributed by atoms with Gasteiger partial charge in [-0.15, -0.1) is 0 Å². The largest absolute Gasteiger partial charge is 0.460 e. The quantitative estimate of drug-likeness (QED) is 0.670. The molecule has 0 bridgehead atoms. The summed E-state index contributed by atoms with van der Waals surface area (Å²) in [7, 11) is 0. The molecule has 1 fully saturated rings. The molecule has 94 valence electrons. The predicted molar refractivity (Wildman–Crippen MR) is 59.8 cm³/mol. The zero-order valence-corrected chi connectivity index (χ0v) is 10.1. The maximum Gasteiger partial charge on any atom is 0.312 e. The number of esters is 1. The first-order chi connectivity index (χ1) is 7.58. The molecular weight excluding hydrogens is 208 g/mol. The lowest BCUT2D eigenvalue weighted by molar-refractivity contribution is -0.147. The van der Waals surface area contributed by atoms with Gasteiger partial charge in [-0.05, 0) is 18.8 Å². The summed E-state index contributed by atoms with van der Waals surface area (Å²) in [5.41, 5.74) is 0. The minimum Gasteiger partial charge on any atom is -0.460 e. The fourth-order valence-electron chi connectivity index (χ4n) is 1.97. The molecule has 0 radical (unpaired) electrons. The summed E-state index contributed by atoms with van der Waals surface area (Å²) in [6.45, 7) is 4.10. The van der Waals surface area contributed by atoms with Crippen molar-refractivity contribution in [2.24, 2.45) is 11.8 Å². The van der Waals surface area contributed by atoms with Gasteiger partial charge in [-0.2, -0.15) is 0 Å². The Bertz CT molecular complexity index is 229. The molecule has 1 rings (SSSR count). The molecular formula is C12H22O4. The Morgan fingerprint density at radius 2 is 2.19 bits per heavy atom. The molecule has 0 aromatic carbocycles. The Morgan fingerprint density at radius 1 is 1.50 bits per heavy atom. The van der Waals surface area contributed by atoms with Crippen LogP contribution in [0, 0.1) is 11.8 Å². The Balaban J connectivity index is 2.36. The van der Waals surface area contributed by atoms with E-state index in [1.807, 2.05) is 0 Å². The van der Waals surface area contributed by atoms with Gasteiger partial charge >= 0.3 is 5.97 Å². The Morgan fingerprint density at radius 3 is 2.69 bits per heavy atom. The van der Waals surface area contributed by atoms with Gasteiger partial charge in [0.1, 0.15) is 6.10 Å². The summed E-state index contributed by atoms with van der Waals surface area (Å²) in [5, 5.41) is 18.8. The molecule has 0 aromatic heterocycles. The molecule has 4 nitrogen and oxygen atoms in total. The van der Waals surface area contributed by atoms with E-state index in [1.165, 1.54) is 0 Å². The van der Waals surface area contributed by atoms with Crippen LogP contribution >= 0.6 is 0 Å². The van der Waals surface area contributed by atoms with Crippen LogP contribution in [0.15, 0.2) is 0 Å². The average Bonchev–Trinajstić information content (AvgIpc) is 2.67. The summed E-state index contributed by atoms with van der Waals surface area (Å²) in [4.78, 5) is 11.4. The SMILES string of the molecule is CC[C@H](C)CC[C@H](O)[C@@H]1C[C@@H](CO)OC1=O. The van der Waals surface area contributed by atoms with Crippen molar-refractivity contribution in [3.63, 3.8) is 0 Å². The molecule has 0 unspecified atom stereocenters. The highest BCUT2D eigenvalue weighted by atomic mass is 16.6. The third-order valence-electron chi connectivity index (χ3n) is 3.42. The van der Waals surface area contributed by atoms with Crippen LogP contribution in [0.4, 0.5) is 0 Å². The molecule has 4 atom stereocenters. The van der Waals surface area contributed by atoms with Crippen LogP contribution in [0.2, 0.25) is 0 Å². The van der Waals surface area contributed by atoms with Crippen LogP contribution in [-0.4, -0.2) is 35.0 Å². The van der Waals surface area contributed by atoms with E-state index in [0.717, 1.165) is 12.8 Å². The summed E-state index contributed by atoms with van der Waals surface area (Å²) < 4.78 is 4.93. The van der Waals surface area contributed by atoms with Crippen LogP contribution in [0.5, 0.6) is 0 Å². The zero-order chi connectivity index (χ0) is 12.1. The normalized spacial score (nSPS) is 28.9. The van der Waals surface area contributed by atoms with Crippen molar-refractivity contribution in [3.05, 3.63) is 0 Å². The summed E-state index contributed by atoms with van der Waals surface area (Å²) in [5.74, 6) is -0.238. The third-order valence-corrected chi connectivity index (χ3v) is 3.42. The number of aliphatic hydroxyl groups excluding tert-OH is 2. The van der Waals surface area contributed by atoms with Gasteiger partial charge in [0, 0.05) is 6.42 Å². The molecule has 0 aromatic rings. The van der Waals surface area contributed by atoms with E-state index < -0.39 is 18.1 Å². The fourth-order valence-corrected chi connectivity index (χ4v) is 1.97.